The van der Waals surface area contributed by atoms with E-state index < -0.39 is 0 Å². The first kappa shape index (κ1) is 14.3. The fraction of sp³-hybridized carbons (Fsp3) is 0.600. The molecule has 1 saturated carbocycles. The molecule has 2 rings (SSSR count). The highest BCUT2D eigenvalue weighted by molar-refractivity contribution is 5.33. The van der Waals surface area contributed by atoms with Crippen LogP contribution in [0.4, 0.5) is 4.39 Å². The molecule has 1 fully saturated rings. The number of likely N-dealkylation sites (N-methyl/N-ethyl adjacent to an activating group) is 1. The van der Waals surface area contributed by atoms with Crippen molar-refractivity contribution in [3.05, 3.63) is 29.6 Å². The Morgan fingerprint density at radius 2 is 2.21 bits per heavy atom. The normalized spacial score (nSPS) is 26.0. The van der Waals surface area contributed by atoms with Gasteiger partial charge in [-0.05, 0) is 32.0 Å². The van der Waals surface area contributed by atoms with E-state index in [-0.39, 0.29) is 18.0 Å². The summed E-state index contributed by atoms with van der Waals surface area (Å²) < 4.78 is 24.9. The van der Waals surface area contributed by atoms with Gasteiger partial charge >= 0.3 is 0 Å². The molecule has 3 unspecified atom stereocenters. The van der Waals surface area contributed by atoms with Gasteiger partial charge in [0.1, 0.15) is 23.8 Å². The van der Waals surface area contributed by atoms with Gasteiger partial charge in [0.2, 0.25) is 0 Å². The Hall–Kier alpha value is -1.13. The summed E-state index contributed by atoms with van der Waals surface area (Å²) in [6.45, 7) is 4.73. The van der Waals surface area contributed by atoms with Gasteiger partial charge in [-0.3, -0.25) is 0 Å². The summed E-state index contributed by atoms with van der Waals surface area (Å²) in [6, 6.07) is 4.95. The minimum absolute atomic E-state index is 0.00417. The van der Waals surface area contributed by atoms with Crippen LogP contribution in [0.5, 0.6) is 5.75 Å². The first-order valence-corrected chi connectivity index (χ1v) is 6.87. The molecule has 1 aromatic carbocycles. The average molecular weight is 267 g/mol. The first-order valence-electron chi connectivity index (χ1n) is 6.87. The topological polar surface area (TPSA) is 30.5 Å². The molecular formula is C15H22FNO2. The van der Waals surface area contributed by atoms with Crippen molar-refractivity contribution in [1.82, 2.24) is 5.32 Å². The minimum Gasteiger partial charge on any atom is -0.487 e. The molecule has 106 valence electrons. The number of rotatable bonds is 6. The predicted molar refractivity (Wildman–Crippen MR) is 73.0 cm³/mol. The molecule has 1 aromatic rings. The first-order chi connectivity index (χ1) is 9.15. The quantitative estimate of drug-likeness (QED) is 0.859. The molecule has 1 aliphatic rings. The highest BCUT2D eigenvalue weighted by Crippen LogP contribution is 2.31. The van der Waals surface area contributed by atoms with E-state index >= 15 is 0 Å². The molecule has 0 spiro atoms. The zero-order valence-corrected chi connectivity index (χ0v) is 11.8. The average Bonchev–Trinajstić information content (AvgIpc) is 2.38. The van der Waals surface area contributed by atoms with Gasteiger partial charge in [0.15, 0.2) is 0 Å². The van der Waals surface area contributed by atoms with Gasteiger partial charge in [-0.15, -0.1) is 0 Å². The monoisotopic (exact) mass is 267 g/mol. The Kier molecular flexibility index (Phi) is 4.77. The van der Waals surface area contributed by atoms with Crippen LogP contribution in [0.2, 0.25) is 0 Å². The maximum atomic E-state index is 13.2. The van der Waals surface area contributed by atoms with E-state index in [1.54, 1.807) is 6.07 Å². The summed E-state index contributed by atoms with van der Waals surface area (Å²) in [4.78, 5) is 0. The van der Waals surface area contributed by atoms with Crippen LogP contribution < -0.4 is 10.1 Å². The van der Waals surface area contributed by atoms with E-state index in [0.717, 1.165) is 25.0 Å². The summed E-state index contributed by atoms with van der Waals surface area (Å²) in [5, 5.41) is 3.22. The van der Waals surface area contributed by atoms with E-state index in [4.69, 9.17) is 9.47 Å². The molecule has 3 nitrogen and oxygen atoms in total. The molecular weight excluding hydrogens is 245 g/mol. The van der Waals surface area contributed by atoms with Crippen molar-refractivity contribution < 1.29 is 13.9 Å². The Bertz CT molecular complexity index is 425. The second-order valence-electron chi connectivity index (χ2n) is 5.03. The van der Waals surface area contributed by atoms with Crippen molar-refractivity contribution in [1.29, 1.82) is 0 Å². The van der Waals surface area contributed by atoms with Crippen molar-refractivity contribution in [3.8, 4) is 5.75 Å². The van der Waals surface area contributed by atoms with Crippen molar-refractivity contribution in [2.45, 2.75) is 44.9 Å². The third-order valence-electron chi connectivity index (χ3n) is 3.56. The van der Waals surface area contributed by atoms with E-state index in [1.165, 1.54) is 12.1 Å². The van der Waals surface area contributed by atoms with Gasteiger partial charge in [0.25, 0.3) is 0 Å². The smallest absolute Gasteiger partial charge is 0.128 e. The van der Waals surface area contributed by atoms with Crippen molar-refractivity contribution in [3.63, 3.8) is 0 Å². The molecule has 0 radical (unpaired) electrons. The zero-order valence-electron chi connectivity index (χ0n) is 11.8. The molecule has 1 aliphatic carbocycles. The SMILES string of the molecule is CCCOC1C(NC)CC1Oc1cc(F)ccc1C. The lowest BCUT2D eigenvalue weighted by Crippen LogP contribution is -2.60. The van der Waals surface area contributed by atoms with E-state index in [0.29, 0.717) is 11.8 Å². The number of halogens is 1. The zero-order chi connectivity index (χ0) is 13.8. The van der Waals surface area contributed by atoms with Crippen LogP contribution in [0.3, 0.4) is 0 Å². The van der Waals surface area contributed by atoms with E-state index in [1.807, 2.05) is 14.0 Å². The lowest BCUT2D eigenvalue weighted by molar-refractivity contribution is -0.106. The van der Waals surface area contributed by atoms with Crippen molar-refractivity contribution in [2.24, 2.45) is 0 Å². The van der Waals surface area contributed by atoms with Crippen molar-refractivity contribution >= 4 is 0 Å². The highest BCUT2D eigenvalue weighted by atomic mass is 19.1. The summed E-state index contributed by atoms with van der Waals surface area (Å²) in [6.07, 6.45) is 1.93. The van der Waals surface area contributed by atoms with Gasteiger partial charge in [-0.1, -0.05) is 13.0 Å². The minimum atomic E-state index is -0.267. The van der Waals surface area contributed by atoms with Gasteiger partial charge in [-0.2, -0.15) is 0 Å². The maximum Gasteiger partial charge on any atom is 0.128 e. The van der Waals surface area contributed by atoms with Crippen LogP contribution >= 0.6 is 0 Å². The van der Waals surface area contributed by atoms with Crippen molar-refractivity contribution in [2.75, 3.05) is 13.7 Å². The lowest BCUT2D eigenvalue weighted by Gasteiger charge is -2.43. The molecule has 4 heteroatoms. The molecule has 0 aromatic heterocycles. The van der Waals surface area contributed by atoms with Gasteiger partial charge < -0.3 is 14.8 Å². The second-order valence-corrected chi connectivity index (χ2v) is 5.03. The molecule has 0 saturated heterocycles. The number of benzene rings is 1. The van der Waals surface area contributed by atoms with Crippen LogP contribution in [0.1, 0.15) is 25.3 Å². The maximum absolute atomic E-state index is 13.2. The van der Waals surface area contributed by atoms with Crippen LogP contribution in [0.25, 0.3) is 0 Å². The van der Waals surface area contributed by atoms with Gasteiger partial charge in [-0.25, -0.2) is 4.39 Å². The Morgan fingerprint density at radius 3 is 2.89 bits per heavy atom. The fourth-order valence-electron chi connectivity index (χ4n) is 2.32. The lowest BCUT2D eigenvalue weighted by atomic mass is 9.85. The summed E-state index contributed by atoms with van der Waals surface area (Å²) >= 11 is 0. The van der Waals surface area contributed by atoms with Gasteiger partial charge in [0, 0.05) is 25.1 Å². The van der Waals surface area contributed by atoms with Gasteiger partial charge in [0.05, 0.1) is 0 Å². The predicted octanol–water partition coefficient (Wildman–Crippen LogP) is 2.67. The van der Waals surface area contributed by atoms with Crippen LogP contribution in [-0.2, 0) is 4.74 Å². The molecule has 19 heavy (non-hydrogen) atoms. The summed E-state index contributed by atoms with van der Waals surface area (Å²) in [7, 11) is 1.93. The van der Waals surface area contributed by atoms with E-state index in [2.05, 4.69) is 12.2 Å². The van der Waals surface area contributed by atoms with Crippen LogP contribution in [0.15, 0.2) is 18.2 Å². The third kappa shape index (κ3) is 3.25. The standard InChI is InChI=1S/C15H22FNO2/c1-4-7-18-15-12(17-3)9-14(15)19-13-8-11(16)6-5-10(13)2/h5-6,8,12,14-15,17H,4,7,9H2,1-3H3. The Balaban J connectivity index is 2.00. The number of aryl methyl sites for hydroxylation is 1. The molecule has 1 N–H and O–H groups in total. The molecule has 3 atom stereocenters. The summed E-state index contributed by atoms with van der Waals surface area (Å²) in [5.74, 6) is 0.348. The Labute approximate surface area is 114 Å². The number of nitrogens with one attached hydrogen (secondary N) is 1. The third-order valence-corrected chi connectivity index (χ3v) is 3.56. The molecule has 0 bridgehead atoms. The van der Waals surface area contributed by atoms with Crippen LogP contribution in [-0.4, -0.2) is 31.9 Å². The van der Waals surface area contributed by atoms with E-state index in [9.17, 15) is 4.39 Å². The molecule has 0 heterocycles. The number of hydrogen-bond acceptors (Lipinski definition) is 3. The molecule has 0 aliphatic heterocycles. The fourth-order valence-corrected chi connectivity index (χ4v) is 2.32. The number of hydrogen-bond donors (Lipinski definition) is 1. The Morgan fingerprint density at radius 1 is 1.42 bits per heavy atom. The number of ether oxygens (including phenoxy) is 2. The summed E-state index contributed by atoms with van der Waals surface area (Å²) in [5.41, 5.74) is 0.948. The van der Waals surface area contributed by atoms with Crippen LogP contribution in [0, 0.1) is 12.7 Å². The highest BCUT2D eigenvalue weighted by Gasteiger charge is 2.43. The molecule has 0 amide bonds. The largest absolute Gasteiger partial charge is 0.487 e. The second kappa shape index (κ2) is 6.35.